The number of nitrogens with zero attached hydrogens (tertiary/aromatic N) is 2. The summed E-state index contributed by atoms with van der Waals surface area (Å²) in [4.78, 5) is 6.96. The fraction of sp³-hybridized carbons (Fsp3) is 0.200. The third kappa shape index (κ3) is 2.74. The number of para-hydroxylation sites is 1. The molecule has 2 rings (SSSR count). The topological polar surface area (TPSA) is 42.2 Å². The molecule has 0 aliphatic rings. The number of anilines is 2. The first kappa shape index (κ1) is 13.5. The van der Waals surface area contributed by atoms with E-state index in [0.29, 0.717) is 4.99 Å². The van der Waals surface area contributed by atoms with Crippen LogP contribution >= 0.6 is 12.2 Å². The van der Waals surface area contributed by atoms with E-state index < -0.39 is 0 Å². The highest BCUT2D eigenvalue weighted by atomic mass is 32.1. The molecule has 2 N–H and O–H groups in total. The average Bonchev–Trinajstić information content (AvgIpc) is 2.40. The van der Waals surface area contributed by atoms with Crippen LogP contribution in [0, 0.1) is 6.92 Å². The first-order chi connectivity index (χ1) is 9.15. The van der Waals surface area contributed by atoms with Crippen LogP contribution in [-0.4, -0.2) is 16.5 Å². The fourth-order valence-corrected chi connectivity index (χ4v) is 2.37. The maximum Gasteiger partial charge on any atom is 0.143 e. The highest BCUT2D eigenvalue weighted by molar-refractivity contribution is 7.80. The number of aromatic nitrogens is 1. The first-order valence-electron chi connectivity index (χ1n) is 6.23. The fourth-order valence-electron chi connectivity index (χ4n) is 2.12. The molecule has 3 nitrogen and oxygen atoms in total. The second kappa shape index (κ2) is 5.80. The van der Waals surface area contributed by atoms with Crippen molar-refractivity contribution in [1.29, 1.82) is 0 Å². The standard InChI is InChI=1S/C15H17N3S/c1-3-18(12-7-5-4-6-8-12)15-13(14(16)19)11(2)9-10-17-15/h4-10H,3H2,1-2H3,(H2,16,19). The third-order valence-electron chi connectivity index (χ3n) is 3.03. The van der Waals surface area contributed by atoms with Gasteiger partial charge >= 0.3 is 0 Å². The van der Waals surface area contributed by atoms with Gasteiger partial charge in [-0.1, -0.05) is 30.4 Å². The predicted molar refractivity (Wildman–Crippen MR) is 84.0 cm³/mol. The Morgan fingerprint density at radius 1 is 1.26 bits per heavy atom. The summed E-state index contributed by atoms with van der Waals surface area (Å²) in [6.45, 7) is 4.88. The average molecular weight is 271 g/mol. The van der Waals surface area contributed by atoms with Crippen LogP contribution in [0.25, 0.3) is 0 Å². The Hall–Kier alpha value is -1.94. The van der Waals surface area contributed by atoms with Gasteiger partial charge in [-0.2, -0.15) is 0 Å². The molecule has 0 atom stereocenters. The van der Waals surface area contributed by atoms with Gasteiger partial charge in [-0.3, -0.25) is 0 Å². The molecule has 1 heterocycles. The molecule has 0 aliphatic carbocycles. The second-order valence-corrected chi connectivity index (χ2v) is 4.71. The van der Waals surface area contributed by atoms with E-state index >= 15 is 0 Å². The van der Waals surface area contributed by atoms with E-state index in [1.165, 1.54) is 0 Å². The number of pyridine rings is 1. The van der Waals surface area contributed by atoms with Crippen LogP contribution in [0.2, 0.25) is 0 Å². The van der Waals surface area contributed by atoms with Crippen molar-refractivity contribution >= 4 is 28.7 Å². The molecule has 0 radical (unpaired) electrons. The van der Waals surface area contributed by atoms with E-state index in [9.17, 15) is 0 Å². The monoisotopic (exact) mass is 271 g/mol. The van der Waals surface area contributed by atoms with Gasteiger partial charge < -0.3 is 10.6 Å². The number of hydrogen-bond acceptors (Lipinski definition) is 3. The van der Waals surface area contributed by atoms with Crippen LogP contribution in [0.5, 0.6) is 0 Å². The molecule has 0 aliphatic heterocycles. The van der Waals surface area contributed by atoms with Crippen LogP contribution in [0.3, 0.4) is 0 Å². The SMILES string of the molecule is CCN(c1ccccc1)c1nccc(C)c1C(N)=S. The maximum absolute atomic E-state index is 5.85. The summed E-state index contributed by atoms with van der Waals surface area (Å²) in [5.74, 6) is 0.821. The molecule has 1 aromatic heterocycles. The van der Waals surface area contributed by atoms with Crippen LogP contribution in [0.1, 0.15) is 18.1 Å². The van der Waals surface area contributed by atoms with Crippen molar-refractivity contribution in [3.63, 3.8) is 0 Å². The Labute approximate surface area is 119 Å². The summed E-state index contributed by atoms with van der Waals surface area (Å²) < 4.78 is 0. The van der Waals surface area contributed by atoms with Gasteiger partial charge in [0.2, 0.25) is 0 Å². The lowest BCUT2D eigenvalue weighted by Gasteiger charge is -2.25. The van der Waals surface area contributed by atoms with Crippen molar-refractivity contribution in [3.05, 3.63) is 53.7 Å². The molecule has 0 amide bonds. The van der Waals surface area contributed by atoms with Gasteiger partial charge in [0, 0.05) is 18.4 Å². The van der Waals surface area contributed by atoms with Crippen molar-refractivity contribution < 1.29 is 0 Å². The second-order valence-electron chi connectivity index (χ2n) is 4.27. The zero-order valence-electron chi connectivity index (χ0n) is 11.1. The highest BCUT2D eigenvalue weighted by Crippen LogP contribution is 2.27. The van der Waals surface area contributed by atoms with E-state index in [4.69, 9.17) is 18.0 Å². The van der Waals surface area contributed by atoms with Gasteiger partial charge in [-0.25, -0.2) is 4.98 Å². The number of hydrogen-bond donors (Lipinski definition) is 1. The largest absolute Gasteiger partial charge is 0.389 e. The number of benzene rings is 1. The van der Waals surface area contributed by atoms with Gasteiger partial charge in [0.15, 0.2) is 0 Å². The summed E-state index contributed by atoms with van der Waals surface area (Å²) in [5.41, 5.74) is 8.83. The molecule has 98 valence electrons. The Morgan fingerprint density at radius 3 is 2.53 bits per heavy atom. The Balaban J connectivity index is 2.56. The summed E-state index contributed by atoms with van der Waals surface area (Å²) in [5, 5.41) is 0. The molecular formula is C15H17N3S. The maximum atomic E-state index is 5.85. The molecule has 1 aromatic carbocycles. The number of thiocarbonyl (C=S) groups is 1. The number of aryl methyl sites for hydroxylation is 1. The molecule has 2 aromatic rings. The smallest absolute Gasteiger partial charge is 0.143 e. The minimum absolute atomic E-state index is 0.384. The van der Waals surface area contributed by atoms with E-state index in [2.05, 4.69) is 28.9 Å². The van der Waals surface area contributed by atoms with Gasteiger partial charge in [0.1, 0.15) is 10.8 Å². The van der Waals surface area contributed by atoms with Crippen molar-refractivity contribution in [1.82, 2.24) is 4.98 Å². The normalized spacial score (nSPS) is 10.2. The van der Waals surface area contributed by atoms with Gasteiger partial charge in [0.05, 0.1) is 5.56 Å². The molecule has 0 spiro atoms. The Bertz CT molecular complexity index is 581. The van der Waals surface area contributed by atoms with Crippen molar-refractivity contribution in [3.8, 4) is 0 Å². The number of rotatable bonds is 4. The molecule has 4 heteroatoms. The van der Waals surface area contributed by atoms with Crippen molar-refractivity contribution in [2.75, 3.05) is 11.4 Å². The minimum atomic E-state index is 0.384. The lowest BCUT2D eigenvalue weighted by atomic mass is 10.1. The van der Waals surface area contributed by atoms with Crippen molar-refractivity contribution in [2.24, 2.45) is 5.73 Å². The van der Waals surface area contributed by atoms with E-state index in [1.54, 1.807) is 6.20 Å². The zero-order valence-corrected chi connectivity index (χ0v) is 11.9. The number of nitrogens with two attached hydrogens (primary N) is 1. The summed E-state index contributed by atoms with van der Waals surface area (Å²) >= 11 is 5.17. The Morgan fingerprint density at radius 2 is 1.95 bits per heavy atom. The highest BCUT2D eigenvalue weighted by Gasteiger charge is 2.16. The Kier molecular flexibility index (Phi) is 4.12. The molecule has 0 unspecified atom stereocenters. The van der Waals surface area contributed by atoms with Crippen LogP contribution < -0.4 is 10.6 Å². The quantitative estimate of drug-likeness (QED) is 0.867. The van der Waals surface area contributed by atoms with E-state index in [-0.39, 0.29) is 0 Å². The van der Waals surface area contributed by atoms with Gasteiger partial charge in [-0.15, -0.1) is 0 Å². The predicted octanol–water partition coefficient (Wildman–Crippen LogP) is 3.18. The van der Waals surface area contributed by atoms with Crippen LogP contribution in [0.15, 0.2) is 42.6 Å². The summed E-state index contributed by atoms with van der Waals surface area (Å²) in [6, 6.07) is 12.0. The van der Waals surface area contributed by atoms with Crippen LogP contribution in [-0.2, 0) is 0 Å². The molecule has 19 heavy (non-hydrogen) atoms. The van der Waals surface area contributed by atoms with E-state index in [1.807, 2.05) is 31.2 Å². The van der Waals surface area contributed by atoms with Crippen molar-refractivity contribution in [2.45, 2.75) is 13.8 Å². The molecule has 0 fully saturated rings. The summed E-state index contributed by atoms with van der Waals surface area (Å²) in [6.07, 6.45) is 1.79. The van der Waals surface area contributed by atoms with Gasteiger partial charge in [-0.05, 0) is 37.6 Å². The van der Waals surface area contributed by atoms with E-state index in [0.717, 1.165) is 29.2 Å². The first-order valence-corrected chi connectivity index (χ1v) is 6.64. The summed E-state index contributed by atoms with van der Waals surface area (Å²) in [7, 11) is 0. The molecular weight excluding hydrogens is 254 g/mol. The molecule has 0 saturated heterocycles. The molecule has 0 saturated carbocycles. The zero-order chi connectivity index (χ0) is 13.8. The lowest BCUT2D eigenvalue weighted by molar-refractivity contribution is 0.984. The molecule has 0 bridgehead atoms. The third-order valence-corrected chi connectivity index (χ3v) is 3.23. The lowest BCUT2D eigenvalue weighted by Crippen LogP contribution is -2.23. The van der Waals surface area contributed by atoms with Crippen LogP contribution in [0.4, 0.5) is 11.5 Å². The van der Waals surface area contributed by atoms with Gasteiger partial charge in [0.25, 0.3) is 0 Å². The minimum Gasteiger partial charge on any atom is -0.389 e.